The zero-order chi connectivity index (χ0) is 15.4. The Bertz CT molecular complexity index is 623. The van der Waals surface area contributed by atoms with Crippen LogP contribution in [0, 0.1) is 20.8 Å². The number of nitrogens with one attached hydrogen (secondary N) is 1. The maximum absolute atomic E-state index is 12.3. The van der Waals surface area contributed by atoms with E-state index in [9.17, 15) is 4.79 Å². The SMILES string of the molecule is CCC(Sc1nc(C)cc(C)n1)C(=O)Nc1nnc(C)s1. The fraction of sp³-hybridized carbons (Fsp3) is 0.462. The van der Waals surface area contributed by atoms with Crippen molar-refractivity contribution in [2.75, 3.05) is 5.32 Å². The van der Waals surface area contributed by atoms with Crippen LogP contribution < -0.4 is 5.32 Å². The Hall–Kier alpha value is -1.54. The van der Waals surface area contributed by atoms with Crippen LogP contribution in [0.4, 0.5) is 5.13 Å². The standard InChI is InChI=1S/C13H17N5OS2/c1-5-10(11(19)16-13-18-17-9(4)20-13)21-12-14-7(2)6-8(3)15-12/h6,10H,5H2,1-4H3,(H,16,18,19). The number of aromatic nitrogens is 4. The minimum Gasteiger partial charge on any atom is -0.300 e. The van der Waals surface area contributed by atoms with Gasteiger partial charge in [0.05, 0.1) is 5.25 Å². The number of hydrogen-bond acceptors (Lipinski definition) is 7. The van der Waals surface area contributed by atoms with E-state index in [-0.39, 0.29) is 11.2 Å². The molecule has 1 N–H and O–H groups in total. The summed E-state index contributed by atoms with van der Waals surface area (Å²) in [5.41, 5.74) is 1.81. The second-order valence-corrected chi connectivity index (χ2v) is 6.92. The first-order valence-electron chi connectivity index (χ1n) is 6.58. The molecular weight excluding hydrogens is 306 g/mol. The molecule has 2 rings (SSSR count). The molecule has 2 aromatic heterocycles. The minimum atomic E-state index is -0.254. The van der Waals surface area contributed by atoms with Gasteiger partial charge < -0.3 is 0 Å². The van der Waals surface area contributed by atoms with Crippen LogP contribution in [0.15, 0.2) is 11.2 Å². The number of rotatable bonds is 5. The number of hydrogen-bond donors (Lipinski definition) is 1. The number of thioether (sulfide) groups is 1. The van der Waals surface area contributed by atoms with Gasteiger partial charge in [0.25, 0.3) is 0 Å². The zero-order valence-electron chi connectivity index (χ0n) is 12.4. The van der Waals surface area contributed by atoms with Gasteiger partial charge in [0.2, 0.25) is 11.0 Å². The van der Waals surface area contributed by atoms with Crippen molar-refractivity contribution in [1.82, 2.24) is 20.2 Å². The molecule has 2 heterocycles. The van der Waals surface area contributed by atoms with Crippen LogP contribution in [0.2, 0.25) is 0 Å². The van der Waals surface area contributed by atoms with Crippen LogP contribution in [-0.2, 0) is 4.79 Å². The summed E-state index contributed by atoms with van der Waals surface area (Å²) >= 11 is 2.73. The van der Waals surface area contributed by atoms with Gasteiger partial charge in [-0.3, -0.25) is 10.1 Å². The van der Waals surface area contributed by atoms with E-state index in [4.69, 9.17) is 0 Å². The van der Waals surface area contributed by atoms with E-state index < -0.39 is 0 Å². The number of amides is 1. The summed E-state index contributed by atoms with van der Waals surface area (Å²) in [5.74, 6) is -0.0959. The van der Waals surface area contributed by atoms with Crippen molar-refractivity contribution in [1.29, 1.82) is 0 Å². The number of anilines is 1. The summed E-state index contributed by atoms with van der Waals surface area (Å²) in [6.07, 6.45) is 0.685. The molecule has 0 fully saturated rings. The van der Waals surface area contributed by atoms with Crippen LogP contribution in [0.3, 0.4) is 0 Å². The Morgan fingerprint density at radius 3 is 2.48 bits per heavy atom. The smallest absolute Gasteiger partial charge is 0.239 e. The van der Waals surface area contributed by atoms with Gasteiger partial charge in [-0.1, -0.05) is 30.0 Å². The highest BCUT2D eigenvalue weighted by atomic mass is 32.2. The van der Waals surface area contributed by atoms with Gasteiger partial charge in [-0.25, -0.2) is 9.97 Å². The average Bonchev–Trinajstić information content (AvgIpc) is 2.80. The van der Waals surface area contributed by atoms with E-state index in [1.165, 1.54) is 23.1 Å². The molecule has 2 aromatic rings. The van der Waals surface area contributed by atoms with Crippen molar-refractivity contribution in [2.24, 2.45) is 0 Å². The quantitative estimate of drug-likeness (QED) is 0.673. The molecule has 21 heavy (non-hydrogen) atoms. The Balaban J connectivity index is 2.06. The number of carbonyl (C=O) groups is 1. The lowest BCUT2D eigenvalue weighted by atomic mass is 10.3. The molecule has 0 saturated heterocycles. The summed E-state index contributed by atoms with van der Waals surface area (Å²) in [6, 6.07) is 1.91. The average molecular weight is 323 g/mol. The van der Waals surface area contributed by atoms with E-state index in [0.29, 0.717) is 16.7 Å². The second kappa shape index (κ2) is 6.95. The van der Waals surface area contributed by atoms with Gasteiger partial charge in [-0.2, -0.15) is 0 Å². The van der Waals surface area contributed by atoms with Gasteiger partial charge >= 0.3 is 0 Å². The zero-order valence-corrected chi connectivity index (χ0v) is 14.0. The third kappa shape index (κ3) is 4.47. The highest BCUT2D eigenvalue weighted by Gasteiger charge is 2.21. The van der Waals surface area contributed by atoms with Crippen LogP contribution in [0.1, 0.15) is 29.7 Å². The first-order valence-corrected chi connectivity index (χ1v) is 8.27. The van der Waals surface area contributed by atoms with Gasteiger partial charge in [0.15, 0.2) is 5.16 Å². The van der Waals surface area contributed by atoms with Crippen LogP contribution in [0.25, 0.3) is 0 Å². The van der Waals surface area contributed by atoms with E-state index in [1.54, 1.807) is 0 Å². The van der Waals surface area contributed by atoms with Crippen LogP contribution >= 0.6 is 23.1 Å². The van der Waals surface area contributed by atoms with Crippen LogP contribution in [-0.4, -0.2) is 31.3 Å². The van der Waals surface area contributed by atoms with Gasteiger partial charge in [-0.05, 0) is 33.3 Å². The van der Waals surface area contributed by atoms with E-state index >= 15 is 0 Å². The molecule has 0 bridgehead atoms. The van der Waals surface area contributed by atoms with E-state index in [1.807, 2.05) is 33.8 Å². The molecule has 1 unspecified atom stereocenters. The maximum atomic E-state index is 12.3. The second-order valence-electron chi connectivity index (χ2n) is 4.56. The van der Waals surface area contributed by atoms with E-state index in [0.717, 1.165) is 16.4 Å². The summed E-state index contributed by atoms with van der Waals surface area (Å²) in [4.78, 5) is 21.0. The van der Waals surface area contributed by atoms with Gasteiger partial charge in [-0.15, -0.1) is 10.2 Å². The molecular formula is C13H17N5OS2. The first kappa shape index (κ1) is 15.8. The maximum Gasteiger partial charge on any atom is 0.239 e. The molecule has 0 aliphatic rings. The summed E-state index contributed by atoms with van der Waals surface area (Å²) < 4.78 is 0. The molecule has 0 aliphatic heterocycles. The molecule has 0 spiro atoms. The lowest BCUT2D eigenvalue weighted by molar-refractivity contribution is -0.115. The third-order valence-corrected chi connectivity index (χ3v) is 4.61. The highest BCUT2D eigenvalue weighted by Crippen LogP contribution is 2.24. The van der Waals surface area contributed by atoms with Gasteiger partial charge in [0, 0.05) is 11.4 Å². The summed E-state index contributed by atoms with van der Waals surface area (Å²) in [6.45, 7) is 7.65. The molecule has 8 heteroatoms. The third-order valence-electron chi connectivity index (χ3n) is 2.63. The molecule has 112 valence electrons. The summed E-state index contributed by atoms with van der Waals surface area (Å²) in [7, 11) is 0. The molecule has 0 radical (unpaired) electrons. The fourth-order valence-corrected chi connectivity index (χ4v) is 3.30. The number of aryl methyl sites for hydroxylation is 3. The lowest BCUT2D eigenvalue weighted by Gasteiger charge is -2.12. The first-order chi connectivity index (χ1) is 9.97. The molecule has 0 aromatic carbocycles. The van der Waals surface area contributed by atoms with Crippen molar-refractivity contribution in [3.63, 3.8) is 0 Å². The monoisotopic (exact) mass is 323 g/mol. The number of nitrogens with zero attached hydrogens (tertiary/aromatic N) is 4. The Morgan fingerprint density at radius 1 is 1.29 bits per heavy atom. The fourth-order valence-electron chi connectivity index (χ4n) is 1.73. The topological polar surface area (TPSA) is 80.7 Å². The Morgan fingerprint density at radius 2 is 1.95 bits per heavy atom. The molecule has 6 nitrogen and oxygen atoms in total. The van der Waals surface area contributed by atoms with Crippen molar-refractivity contribution in [3.8, 4) is 0 Å². The molecule has 0 saturated carbocycles. The van der Waals surface area contributed by atoms with Crippen molar-refractivity contribution < 1.29 is 4.79 Å². The normalized spacial score (nSPS) is 12.2. The predicted octanol–water partition coefficient (Wildman–Crippen LogP) is 2.76. The predicted molar refractivity (Wildman–Crippen MR) is 84.7 cm³/mol. The van der Waals surface area contributed by atoms with Crippen molar-refractivity contribution in [3.05, 3.63) is 22.5 Å². The van der Waals surface area contributed by atoms with Crippen LogP contribution in [0.5, 0.6) is 0 Å². The van der Waals surface area contributed by atoms with E-state index in [2.05, 4.69) is 25.5 Å². The minimum absolute atomic E-state index is 0.0959. The Labute approximate surface area is 131 Å². The Kier molecular flexibility index (Phi) is 5.24. The van der Waals surface area contributed by atoms with Crippen molar-refractivity contribution >= 4 is 34.1 Å². The number of carbonyl (C=O) groups excluding carboxylic acids is 1. The molecule has 0 aliphatic carbocycles. The molecule has 1 atom stereocenters. The van der Waals surface area contributed by atoms with Gasteiger partial charge in [0.1, 0.15) is 5.01 Å². The summed E-state index contributed by atoms with van der Waals surface area (Å²) in [5, 5.41) is 12.3. The largest absolute Gasteiger partial charge is 0.300 e. The van der Waals surface area contributed by atoms with Crippen molar-refractivity contribution in [2.45, 2.75) is 44.5 Å². The molecule has 1 amide bonds. The highest BCUT2D eigenvalue weighted by molar-refractivity contribution is 8.00. The lowest BCUT2D eigenvalue weighted by Crippen LogP contribution is -2.24.